The summed E-state index contributed by atoms with van der Waals surface area (Å²) in [5.41, 5.74) is 2.07. The Hall–Kier alpha value is -2.41. The smallest absolute Gasteiger partial charge is 0.223 e. The number of pyridine rings is 1. The average molecular weight is 396 g/mol. The summed E-state index contributed by atoms with van der Waals surface area (Å²) >= 11 is 0. The van der Waals surface area contributed by atoms with Crippen LogP contribution in [0, 0.1) is 11.8 Å². The Labute approximate surface area is 171 Å². The minimum absolute atomic E-state index is 0.0227. The molecule has 1 N–H and O–H groups in total. The van der Waals surface area contributed by atoms with Crippen LogP contribution >= 0.6 is 0 Å². The molecule has 154 valence electrons. The predicted molar refractivity (Wildman–Crippen MR) is 109 cm³/mol. The highest BCUT2D eigenvalue weighted by atomic mass is 16.2. The van der Waals surface area contributed by atoms with Crippen molar-refractivity contribution >= 4 is 17.5 Å². The molecule has 5 rings (SSSR count). The number of piperidine rings is 3. The Bertz CT molecular complexity index is 892. The van der Waals surface area contributed by atoms with E-state index in [1.54, 1.807) is 6.92 Å². The van der Waals surface area contributed by atoms with E-state index in [1.807, 2.05) is 24.4 Å². The lowest BCUT2D eigenvalue weighted by atomic mass is 9.72. The Morgan fingerprint density at radius 3 is 2.97 bits per heavy atom. The maximum Gasteiger partial charge on any atom is 0.223 e. The van der Waals surface area contributed by atoms with Gasteiger partial charge in [0.25, 0.3) is 0 Å². The van der Waals surface area contributed by atoms with Crippen molar-refractivity contribution in [3.8, 4) is 0 Å². The Morgan fingerprint density at radius 2 is 2.14 bits per heavy atom. The van der Waals surface area contributed by atoms with E-state index in [0.717, 1.165) is 50.2 Å². The molecule has 0 spiro atoms. The molecule has 4 atom stereocenters. The van der Waals surface area contributed by atoms with E-state index < -0.39 is 0 Å². The van der Waals surface area contributed by atoms with Crippen molar-refractivity contribution in [2.75, 3.05) is 19.6 Å². The zero-order valence-corrected chi connectivity index (χ0v) is 17.0. The van der Waals surface area contributed by atoms with Crippen LogP contribution in [-0.2, 0) is 16.1 Å². The van der Waals surface area contributed by atoms with Gasteiger partial charge in [-0.25, -0.2) is 4.98 Å². The molecule has 0 aromatic carbocycles. The molecule has 3 fully saturated rings. The molecule has 0 radical (unpaired) electrons. The van der Waals surface area contributed by atoms with Gasteiger partial charge in [0.05, 0.1) is 11.7 Å². The highest BCUT2D eigenvalue weighted by Gasteiger charge is 2.49. The van der Waals surface area contributed by atoms with E-state index in [0.29, 0.717) is 30.8 Å². The number of likely N-dealkylation sites (tertiary alicyclic amines) is 1. The maximum absolute atomic E-state index is 12.8. The zero-order valence-electron chi connectivity index (χ0n) is 17.0. The number of hydrogen-bond acceptors (Lipinski definition) is 4. The highest BCUT2D eigenvalue weighted by molar-refractivity contribution is 5.78. The van der Waals surface area contributed by atoms with Crippen molar-refractivity contribution in [2.24, 2.45) is 11.8 Å². The van der Waals surface area contributed by atoms with Gasteiger partial charge >= 0.3 is 0 Å². The predicted octanol–water partition coefficient (Wildman–Crippen LogP) is 1.67. The number of fused-ring (bicyclic) bond motifs is 5. The molecule has 0 saturated carbocycles. The van der Waals surface area contributed by atoms with Crippen molar-refractivity contribution in [2.45, 2.75) is 51.2 Å². The third kappa shape index (κ3) is 3.52. The van der Waals surface area contributed by atoms with E-state index in [2.05, 4.69) is 25.7 Å². The van der Waals surface area contributed by atoms with E-state index in [-0.39, 0.29) is 17.9 Å². The third-order valence-electron chi connectivity index (χ3n) is 6.93. The van der Waals surface area contributed by atoms with Crippen LogP contribution in [0.3, 0.4) is 0 Å². The zero-order chi connectivity index (χ0) is 20.0. The van der Waals surface area contributed by atoms with Gasteiger partial charge in [-0.05, 0) is 43.2 Å². The molecule has 2 aromatic heterocycles. The summed E-state index contributed by atoms with van der Waals surface area (Å²) in [6, 6.07) is 6.49. The maximum atomic E-state index is 12.8. The van der Waals surface area contributed by atoms with E-state index in [1.165, 1.54) is 0 Å². The van der Waals surface area contributed by atoms with Gasteiger partial charge in [-0.2, -0.15) is 0 Å². The lowest BCUT2D eigenvalue weighted by molar-refractivity contribution is -0.153. The second-order valence-electron chi connectivity index (χ2n) is 8.91. The number of amides is 2. The molecule has 29 heavy (non-hydrogen) atoms. The van der Waals surface area contributed by atoms with Gasteiger partial charge in [-0.15, -0.1) is 0 Å². The summed E-state index contributed by atoms with van der Waals surface area (Å²) < 4.78 is 2.07. The van der Waals surface area contributed by atoms with E-state index in [9.17, 15) is 9.59 Å². The number of nitrogens with zero attached hydrogens (tertiary/aromatic N) is 4. The van der Waals surface area contributed by atoms with E-state index >= 15 is 0 Å². The number of imidazole rings is 1. The molecular weight excluding hydrogens is 366 g/mol. The second-order valence-corrected chi connectivity index (χ2v) is 8.91. The lowest BCUT2D eigenvalue weighted by Crippen LogP contribution is -2.66. The number of aromatic nitrogens is 2. The van der Waals surface area contributed by atoms with Crippen LogP contribution in [0.15, 0.2) is 30.6 Å². The fraction of sp³-hybridized carbons (Fsp3) is 0.591. The monoisotopic (exact) mass is 395 g/mol. The normalized spacial score (nSPS) is 29.7. The molecular formula is C22H29N5O2. The van der Waals surface area contributed by atoms with Gasteiger partial charge in [0, 0.05) is 58.0 Å². The summed E-state index contributed by atoms with van der Waals surface area (Å²) in [4.78, 5) is 33.8. The molecule has 2 aromatic rings. The Balaban J connectivity index is 1.37. The van der Waals surface area contributed by atoms with Crippen LogP contribution in [0.25, 0.3) is 5.65 Å². The van der Waals surface area contributed by atoms with Gasteiger partial charge in [-0.3, -0.25) is 14.5 Å². The molecule has 2 amide bonds. The lowest BCUT2D eigenvalue weighted by Gasteiger charge is -2.56. The topological polar surface area (TPSA) is 70.0 Å². The second kappa shape index (κ2) is 7.44. The molecule has 2 bridgehead atoms. The van der Waals surface area contributed by atoms with Crippen molar-refractivity contribution < 1.29 is 9.59 Å². The number of carbonyl (C=O) groups excluding carboxylic acids is 2. The van der Waals surface area contributed by atoms with Crippen molar-refractivity contribution in [3.63, 3.8) is 0 Å². The van der Waals surface area contributed by atoms with Gasteiger partial charge in [-0.1, -0.05) is 6.07 Å². The van der Waals surface area contributed by atoms with Crippen LogP contribution in [0.1, 0.15) is 38.3 Å². The summed E-state index contributed by atoms with van der Waals surface area (Å²) in [6.45, 7) is 4.92. The van der Waals surface area contributed by atoms with Crippen molar-refractivity contribution in [3.05, 3.63) is 36.3 Å². The summed E-state index contributed by atoms with van der Waals surface area (Å²) in [6.07, 6.45) is 8.02. The van der Waals surface area contributed by atoms with Crippen molar-refractivity contribution in [1.29, 1.82) is 0 Å². The quantitative estimate of drug-likeness (QED) is 0.855. The summed E-state index contributed by atoms with van der Waals surface area (Å²) in [7, 11) is 0. The van der Waals surface area contributed by atoms with Gasteiger partial charge in [0.1, 0.15) is 5.65 Å². The Kier molecular flexibility index (Phi) is 4.78. The highest BCUT2D eigenvalue weighted by Crippen LogP contribution is 2.41. The minimum Gasteiger partial charge on any atom is -0.354 e. The first-order valence-corrected chi connectivity index (χ1v) is 10.8. The molecule has 7 nitrogen and oxygen atoms in total. The number of rotatable bonds is 4. The Morgan fingerprint density at radius 1 is 1.28 bits per heavy atom. The number of hydrogen-bond donors (Lipinski definition) is 1. The summed E-state index contributed by atoms with van der Waals surface area (Å²) in [5, 5.41) is 2.99. The van der Waals surface area contributed by atoms with Crippen molar-refractivity contribution in [1.82, 2.24) is 24.5 Å². The first-order valence-electron chi connectivity index (χ1n) is 10.8. The molecule has 3 aliphatic rings. The fourth-order valence-electron chi connectivity index (χ4n) is 5.80. The van der Waals surface area contributed by atoms with Crippen LogP contribution in [0.2, 0.25) is 0 Å². The molecule has 3 saturated heterocycles. The summed E-state index contributed by atoms with van der Waals surface area (Å²) in [5.74, 6) is 1.17. The van der Waals surface area contributed by atoms with Gasteiger partial charge < -0.3 is 14.6 Å². The molecule has 0 unspecified atom stereocenters. The molecule has 3 aliphatic heterocycles. The number of nitrogens with one attached hydrogen (secondary N) is 1. The first-order chi connectivity index (χ1) is 14.1. The average Bonchev–Trinajstić information content (AvgIpc) is 3.10. The molecule has 7 heteroatoms. The van der Waals surface area contributed by atoms with E-state index in [4.69, 9.17) is 4.98 Å². The van der Waals surface area contributed by atoms with Crippen LogP contribution in [0.5, 0.6) is 0 Å². The first kappa shape index (κ1) is 18.6. The number of carbonyl (C=O) groups is 2. The fourth-order valence-corrected chi connectivity index (χ4v) is 5.80. The largest absolute Gasteiger partial charge is 0.354 e. The SMILES string of the molecule is CC(=O)NC[C@H]1[C@H]2C[C@H](CN(Cc3cn4ccccc4n3)C2)[C@@H]2CCCC(=O)N21. The van der Waals surface area contributed by atoms with Crippen LogP contribution in [-0.4, -0.2) is 62.7 Å². The van der Waals surface area contributed by atoms with Crippen LogP contribution < -0.4 is 5.32 Å². The van der Waals surface area contributed by atoms with Crippen LogP contribution in [0.4, 0.5) is 0 Å². The standard InChI is InChI=1S/C22H29N5O2/c1-15(28)23-10-20-17-9-16(19-5-4-7-22(29)27(19)20)11-25(12-17)13-18-14-26-8-3-2-6-21(26)24-18/h2-3,6,8,14,16-17,19-20H,4-5,7,9-13H2,1H3,(H,23,28)/t16-,17+,19+,20+/m1/s1. The van der Waals surface area contributed by atoms with Gasteiger partial charge in [0.2, 0.25) is 11.8 Å². The van der Waals surface area contributed by atoms with Gasteiger partial charge in [0.15, 0.2) is 0 Å². The third-order valence-corrected chi connectivity index (χ3v) is 6.93. The minimum atomic E-state index is -0.0227. The molecule has 5 heterocycles. The molecule has 0 aliphatic carbocycles.